The zero-order chi connectivity index (χ0) is 15.5. The number of likely N-dealkylation sites (tertiary alicyclic amines) is 1. The van der Waals surface area contributed by atoms with E-state index in [0.29, 0.717) is 19.4 Å². The number of carbonyl (C=O) groups is 2. The summed E-state index contributed by atoms with van der Waals surface area (Å²) in [6.45, 7) is 0.502. The van der Waals surface area contributed by atoms with Gasteiger partial charge in [-0.3, -0.25) is 9.59 Å². The van der Waals surface area contributed by atoms with Crippen molar-refractivity contribution >= 4 is 11.8 Å². The number of benzene rings is 1. The lowest BCUT2D eigenvalue weighted by molar-refractivity contribution is -0.148. The van der Waals surface area contributed by atoms with E-state index >= 15 is 0 Å². The molecule has 1 aromatic carbocycles. The van der Waals surface area contributed by atoms with Crippen molar-refractivity contribution < 1.29 is 19.4 Å². The van der Waals surface area contributed by atoms with Gasteiger partial charge in [-0.05, 0) is 30.5 Å². The highest BCUT2D eigenvalue weighted by molar-refractivity contribution is 5.85. The molecule has 6 nitrogen and oxygen atoms in total. The molecule has 21 heavy (non-hydrogen) atoms. The van der Waals surface area contributed by atoms with Gasteiger partial charge >= 0.3 is 0 Å². The summed E-state index contributed by atoms with van der Waals surface area (Å²) in [6.07, 6.45) is 1.08. The Morgan fingerprint density at radius 1 is 1.38 bits per heavy atom. The van der Waals surface area contributed by atoms with Crippen molar-refractivity contribution in [2.75, 3.05) is 20.2 Å². The second-order valence-electron chi connectivity index (χ2n) is 5.34. The van der Waals surface area contributed by atoms with Gasteiger partial charge in [-0.25, -0.2) is 0 Å². The van der Waals surface area contributed by atoms with Crippen LogP contribution in [0.3, 0.4) is 0 Å². The fraction of sp³-hybridized carbons (Fsp3) is 0.467. The summed E-state index contributed by atoms with van der Waals surface area (Å²) < 4.78 is 5.06. The van der Waals surface area contributed by atoms with Crippen LogP contribution >= 0.6 is 0 Å². The van der Waals surface area contributed by atoms with E-state index in [-0.39, 0.29) is 18.9 Å². The molecule has 0 spiro atoms. The van der Waals surface area contributed by atoms with Crippen LogP contribution in [0.2, 0.25) is 0 Å². The minimum Gasteiger partial charge on any atom is -0.497 e. The summed E-state index contributed by atoms with van der Waals surface area (Å²) in [5.74, 6) is -0.170. The lowest BCUT2D eigenvalue weighted by Crippen LogP contribution is -2.57. The molecule has 0 aliphatic carbocycles. The van der Waals surface area contributed by atoms with Crippen LogP contribution in [0.5, 0.6) is 5.75 Å². The van der Waals surface area contributed by atoms with Gasteiger partial charge in [0.25, 0.3) is 5.91 Å². The zero-order valence-electron chi connectivity index (χ0n) is 12.0. The summed E-state index contributed by atoms with van der Waals surface area (Å²) >= 11 is 0. The Labute approximate surface area is 123 Å². The number of hydrogen-bond acceptors (Lipinski definition) is 4. The van der Waals surface area contributed by atoms with Gasteiger partial charge in [0.15, 0.2) is 5.60 Å². The first-order valence-corrected chi connectivity index (χ1v) is 6.87. The topological polar surface area (TPSA) is 92.9 Å². The Morgan fingerprint density at radius 3 is 2.62 bits per heavy atom. The molecule has 114 valence electrons. The van der Waals surface area contributed by atoms with Gasteiger partial charge < -0.3 is 20.5 Å². The molecule has 6 heteroatoms. The summed E-state index contributed by atoms with van der Waals surface area (Å²) in [5, 5.41) is 10.1. The number of amides is 2. The molecular weight excluding hydrogens is 272 g/mol. The first-order chi connectivity index (χ1) is 9.94. The van der Waals surface area contributed by atoms with Gasteiger partial charge in [-0.15, -0.1) is 0 Å². The Morgan fingerprint density at radius 2 is 2.05 bits per heavy atom. The van der Waals surface area contributed by atoms with E-state index in [4.69, 9.17) is 10.5 Å². The largest absolute Gasteiger partial charge is 0.497 e. The number of hydrogen-bond donors (Lipinski definition) is 2. The number of rotatable bonds is 4. The van der Waals surface area contributed by atoms with Gasteiger partial charge in [-0.1, -0.05) is 12.1 Å². The van der Waals surface area contributed by atoms with Gasteiger partial charge in [0.05, 0.1) is 20.1 Å². The van der Waals surface area contributed by atoms with E-state index in [2.05, 4.69) is 0 Å². The maximum Gasteiger partial charge on any atom is 0.251 e. The van der Waals surface area contributed by atoms with Crippen LogP contribution in [0.4, 0.5) is 0 Å². The van der Waals surface area contributed by atoms with E-state index in [1.807, 2.05) is 12.1 Å². The number of β-amino-alcohol motifs (C(OH)–C–C–N with tert-alkyl or cyclic N) is 1. The molecule has 1 unspecified atom stereocenters. The predicted molar refractivity (Wildman–Crippen MR) is 76.7 cm³/mol. The first kappa shape index (κ1) is 15.3. The highest BCUT2D eigenvalue weighted by Gasteiger charge is 2.39. The molecule has 0 radical (unpaired) electrons. The fourth-order valence-corrected chi connectivity index (χ4v) is 2.48. The van der Waals surface area contributed by atoms with Crippen LogP contribution in [0.1, 0.15) is 18.4 Å². The number of carbonyl (C=O) groups excluding carboxylic acids is 2. The lowest BCUT2D eigenvalue weighted by atomic mass is 9.92. The normalized spacial score (nSPS) is 21.9. The maximum absolute atomic E-state index is 12.3. The number of nitrogens with zero attached hydrogens (tertiary/aromatic N) is 1. The molecule has 2 rings (SSSR count). The predicted octanol–water partition coefficient (Wildman–Crippen LogP) is 0.0765. The third-order valence-electron chi connectivity index (χ3n) is 3.80. The minimum absolute atomic E-state index is 0.0304. The number of methoxy groups -OCH3 is 1. The quantitative estimate of drug-likeness (QED) is 0.821. The van der Waals surface area contributed by atoms with E-state index in [1.54, 1.807) is 19.2 Å². The van der Waals surface area contributed by atoms with E-state index in [9.17, 15) is 14.7 Å². The molecule has 1 aromatic rings. The molecule has 3 N–H and O–H groups in total. The Hall–Kier alpha value is -2.08. The number of aliphatic hydroxyl groups is 1. The van der Waals surface area contributed by atoms with Crippen molar-refractivity contribution in [1.29, 1.82) is 0 Å². The first-order valence-electron chi connectivity index (χ1n) is 6.87. The van der Waals surface area contributed by atoms with Crippen molar-refractivity contribution in [2.24, 2.45) is 5.73 Å². The van der Waals surface area contributed by atoms with Crippen LogP contribution in [0.25, 0.3) is 0 Å². The summed E-state index contributed by atoms with van der Waals surface area (Å²) in [5.41, 5.74) is 4.46. The third kappa shape index (κ3) is 3.52. The zero-order valence-corrected chi connectivity index (χ0v) is 12.0. The van der Waals surface area contributed by atoms with Crippen LogP contribution in [-0.2, 0) is 16.0 Å². The highest BCUT2D eigenvalue weighted by Crippen LogP contribution is 2.22. The number of nitrogens with two attached hydrogens (primary N) is 1. The molecule has 0 aromatic heterocycles. The van der Waals surface area contributed by atoms with Crippen LogP contribution in [0, 0.1) is 0 Å². The molecule has 1 saturated heterocycles. The van der Waals surface area contributed by atoms with E-state index < -0.39 is 11.5 Å². The fourth-order valence-electron chi connectivity index (χ4n) is 2.48. The Bertz CT molecular complexity index is 529. The van der Waals surface area contributed by atoms with Crippen molar-refractivity contribution in [3.63, 3.8) is 0 Å². The molecule has 1 fully saturated rings. The molecule has 2 amide bonds. The highest BCUT2D eigenvalue weighted by atomic mass is 16.5. The second-order valence-corrected chi connectivity index (χ2v) is 5.34. The standard InChI is InChI=1S/C15H20N2O4/c1-21-12-5-3-11(4-6-12)9-13(18)17-8-2-7-15(20,10-17)14(16)19/h3-6,20H,2,7-10H2,1H3,(H2,16,19). The smallest absolute Gasteiger partial charge is 0.251 e. The maximum atomic E-state index is 12.3. The number of piperidine rings is 1. The average molecular weight is 292 g/mol. The summed E-state index contributed by atoms with van der Waals surface area (Å²) in [6, 6.07) is 7.22. The minimum atomic E-state index is -1.60. The van der Waals surface area contributed by atoms with Crippen molar-refractivity contribution in [3.8, 4) is 5.75 Å². The van der Waals surface area contributed by atoms with Gasteiger partial charge in [0, 0.05) is 6.54 Å². The number of ether oxygens (including phenoxy) is 1. The van der Waals surface area contributed by atoms with Gasteiger partial charge in [0.2, 0.25) is 5.91 Å². The monoisotopic (exact) mass is 292 g/mol. The van der Waals surface area contributed by atoms with Crippen LogP contribution in [-0.4, -0.2) is 47.6 Å². The lowest BCUT2D eigenvalue weighted by Gasteiger charge is -2.37. The third-order valence-corrected chi connectivity index (χ3v) is 3.80. The Balaban J connectivity index is 2.00. The average Bonchev–Trinajstić information content (AvgIpc) is 2.48. The van der Waals surface area contributed by atoms with E-state index in [0.717, 1.165) is 11.3 Å². The second kappa shape index (κ2) is 6.13. The van der Waals surface area contributed by atoms with Crippen molar-refractivity contribution in [1.82, 2.24) is 4.90 Å². The number of primary amides is 1. The summed E-state index contributed by atoms with van der Waals surface area (Å²) in [4.78, 5) is 25.1. The molecule has 1 aliphatic heterocycles. The molecule has 0 saturated carbocycles. The summed E-state index contributed by atoms with van der Waals surface area (Å²) in [7, 11) is 1.58. The molecule has 1 heterocycles. The van der Waals surface area contributed by atoms with E-state index in [1.165, 1.54) is 4.90 Å². The molecule has 0 bridgehead atoms. The Kier molecular flexibility index (Phi) is 4.47. The van der Waals surface area contributed by atoms with Gasteiger partial charge in [-0.2, -0.15) is 0 Å². The van der Waals surface area contributed by atoms with Crippen LogP contribution < -0.4 is 10.5 Å². The van der Waals surface area contributed by atoms with Crippen LogP contribution in [0.15, 0.2) is 24.3 Å². The molecular formula is C15H20N2O4. The van der Waals surface area contributed by atoms with Crippen molar-refractivity contribution in [3.05, 3.63) is 29.8 Å². The molecule has 1 aliphatic rings. The van der Waals surface area contributed by atoms with Gasteiger partial charge in [0.1, 0.15) is 5.75 Å². The molecule has 1 atom stereocenters. The SMILES string of the molecule is COc1ccc(CC(=O)N2CCCC(O)(C(N)=O)C2)cc1. The van der Waals surface area contributed by atoms with Crippen molar-refractivity contribution in [2.45, 2.75) is 24.9 Å².